The van der Waals surface area contributed by atoms with E-state index < -0.39 is 6.04 Å². The molecule has 1 atom stereocenters. The van der Waals surface area contributed by atoms with E-state index in [1.165, 1.54) is 0 Å². The van der Waals surface area contributed by atoms with Gasteiger partial charge < -0.3 is 11.1 Å². The van der Waals surface area contributed by atoms with Crippen molar-refractivity contribution >= 4 is 17.7 Å². The van der Waals surface area contributed by atoms with Crippen LogP contribution in [-0.4, -0.2) is 29.5 Å². The fourth-order valence-corrected chi connectivity index (χ4v) is 0.750. The molecule has 0 aliphatic carbocycles. The molecule has 1 amide bonds. The summed E-state index contributed by atoms with van der Waals surface area (Å²) in [6.45, 7) is 6.51. The quantitative estimate of drug-likeness (QED) is 0.682. The molecule has 4 heteroatoms. The molecule has 0 aromatic rings. The Morgan fingerprint density at radius 3 is 2.50 bits per heavy atom. The third-order valence-electron chi connectivity index (χ3n) is 1.65. The average Bonchev–Trinajstić information content (AvgIpc) is 2.00. The topological polar surface area (TPSA) is 55.1 Å². The standard InChI is InChI=1S/C8H18N2OS/c1-6(9)7(11)10-5-8(2,3)12-4/h6H,5,9H2,1-4H3,(H,10,11)/t6-/m1/s1. The lowest BCUT2D eigenvalue weighted by molar-refractivity contribution is -0.122. The lowest BCUT2D eigenvalue weighted by Gasteiger charge is -2.22. The van der Waals surface area contributed by atoms with E-state index in [0.29, 0.717) is 6.54 Å². The lowest BCUT2D eigenvalue weighted by atomic mass is 10.2. The molecule has 0 aliphatic heterocycles. The first-order valence-corrected chi connectivity index (χ1v) is 5.20. The molecule has 0 fully saturated rings. The van der Waals surface area contributed by atoms with Crippen LogP contribution in [0, 0.1) is 0 Å². The van der Waals surface area contributed by atoms with E-state index >= 15 is 0 Å². The highest BCUT2D eigenvalue weighted by atomic mass is 32.2. The number of thioether (sulfide) groups is 1. The largest absolute Gasteiger partial charge is 0.353 e. The molecular formula is C8H18N2OS. The van der Waals surface area contributed by atoms with Gasteiger partial charge in [-0.05, 0) is 27.0 Å². The highest BCUT2D eigenvalue weighted by Crippen LogP contribution is 2.19. The predicted molar refractivity (Wildman–Crippen MR) is 54.3 cm³/mol. The maximum Gasteiger partial charge on any atom is 0.236 e. The minimum Gasteiger partial charge on any atom is -0.353 e. The van der Waals surface area contributed by atoms with Crippen LogP contribution >= 0.6 is 11.8 Å². The minimum absolute atomic E-state index is 0.0860. The van der Waals surface area contributed by atoms with Gasteiger partial charge in [-0.15, -0.1) is 0 Å². The van der Waals surface area contributed by atoms with Crippen molar-refractivity contribution < 1.29 is 4.79 Å². The van der Waals surface area contributed by atoms with Crippen LogP contribution in [0.1, 0.15) is 20.8 Å². The van der Waals surface area contributed by atoms with E-state index in [4.69, 9.17) is 5.73 Å². The average molecular weight is 190 g/mol. The van der Waals surface area contributed by atoms with Crippen molar-refractivity contribution in [2.45, 2.75) is 31.6 Å². The number of carbonyl (C=O) groups excluding carboxylic acids is 1. The molecule has 0 aromatic heterocycles. The lowest BCUT2D eigenvalue weighted by Crippen LogP contribution is -2.43. The van der Waals surface area contributed by atoms with Crippen LogP contribution in [0.5, 0.6) is 0 Å². The molecule has 72 valence electrons. The van der Waals surface area contributed by atoms with E-state index in [9.17, 15) is 4.79 Å². The predicted octanol–water partition coefficient (Wildman–Crippen LogP) is 0.591. The fourth-order valence-electron chi connectivity index (χ4n) is 0.533. The molecule has 0 spiro atoms. The molecular weight excluding hydrogens is 172 g/mol. The Balaban J connectivity index is 3.76. The number of rotatable bonds is 4. The zero-order chi connectivity index (χ0) is 9.78. The molecule has 3 N–H and O–H groups in total. The maximum atomic E-state index is 11.1. The summed E-state index contributed by atoms with van der Waals surface area (Å²) in [5.74, 6) is -0.0860. The van der Waals surface area contributed by atoms with Crippen molar-refractivity contribution in [1.82, 2.24) is 5.32 Å². The second-order valence-corrected chi connectivity index (χ2v) is 4.98. The van der Waals surface area contributed by atoms with E-state index in [1.54, 1.807) is 18.7 Å². The second kappa shape index (κ2) is 4.72. The van der Waals surface area contributed by atoms with E-state index in [-0.39, 0.29) is 10.7 Å². The van der Waals surface area contributed by atoms with Gasteiger partial charge in [-0.1, -0.05) is 0 Å². The maximum absolute atomic E-state index is 11.1. The molecule has 0 heterocycles. The van der Waals surface area contributed by atoms with Crippen LogP contribution in [0.2, 0.25) is 0 Å². The van der Waals surface area contributed by atoms with Gasteiger partial charge in [0.25, 0.3) is 0 Å². The van der Waals surface area contributed by atoms with E-state index in [1.807, 2.05) is 6.26 Å². The van der Waals surface area contributed by atoms with Gasteiger partial charge in [0.15, 0.2) is 0 Å². The van der Waals surface area contributed by atoms with Gasteiger partial charge in [0, 0.05) is 11.3 Å². The smallest absolute Gasteiger partial charge is 0.236 e. The highest BCUT2D eigenvalue weighted by molar-refractivity contribution is 7.99. The number of nitrogens with one attached hydrogen (secondary N) is 1. The first-order chi connectivity index (χ1) is 5.39. The minimum atomic E-state index is -0.414. The summed E-state index contributed by atoms with van der Waals surface area (Å²) in [5.41, 5.74) is 5.39. The van der Waals surface area contributed by atoms with E-state index in [0.717, 1.165) is 0 Å². The van der Waals surface area contributed by atoms with Crippen LogP contribution in [0.15, 0.2) is 0 Å². The molecule has 0 rings (SSSR count). The first kappa shape index (κ1) is 11.8. The Labute approximate surface area is 78.5 Å². The first-order valence-electron chi connectivity index (χ1n) is 3.97. The van der Waals surface area contributed by atoms with Gasteiger partial charge in [-0.3, -0.25) is 4.79 Å². The van der Waals surface area contributed by atoms with E-state index in [2.05, 4.69) is 19.2 Å². The molecule has 0 aliphatic rings. The summed E-state index contributed by atoms with van der Waals surface area (Å²) < 4.78 is 0.0878. The van der Waals surface area contributed by atoms with Crippen molar-refractivity contribution in [3.8, 4) is 0 Å². The van der Waals surface area contributed by atoms with Gasteiger partial charge in [-0.25, -0.2) is 0 Å². The third-order valence-corrected chi connectivity index (χ3v) is 2.90. The molecule has 0 saturated heterocycles. The monoisotopic (exact) mass is 190 g/mol. The Hall–Kier alpha value is -0.220. The molecule has 0 bridgehead atoms. The SMILES string of the molecule is CSC(C)(C)CNC(=O)[C@@H](C)N. The van der Waals surface area contributed by atoms with Gasteiger partial charge in [0.1, 0.15) is 0 Å². The molecule has 0 radical (unpaired) electrons. The summed E-state index contributed by atoms with van der Waals surface area (Å²) in [6, 6.07) is -0.414. The molecule has 0 saturated carbocycles. The summed E-state index contributed by atoms with van der Waals surface area (Å²) in [7, 11) is 0. The molecule has 3 nitrogen and oxygen atoms in total. The fraction of sp³-hybridized carbons (Fsp3) is 0.875. The number of hydrogen-bond donors (Lipinski definition) is 2. The molecule has 0 unspecified atom stereocenters. The molecule has 12 heavy (non-hydrogen) atoms. The number of hydrogen-bond acceptors (Lipinski definition) is 3. The van der Waals surface area contributed by atoms with Crippen LogP contribution < -0.4 is 11.1 Å². The Morgan fingerprint density at radius 1 is 1.67 bits per heavy atom. The molecule has 0 aromatic carbocycles. The van der Waals surface area contributed by atoms with Crippen molar-refractivity contribution in [2.75, 3.05) is 12.8 Å². The summed E-state index contributed by atoms with van der Waals surface area (Å²) in [6.07, 6.45) is 2.03. The highest BCUT2D eigenvalue weighted by Gasteiger charge is 2.17. The third kappa shape index (κ3) is 4.62. The summed E-state index contributed by atoms with van der Waals surface area (Å²) in [4.78, 5) is 11.1. The summed E-state index contributed by atoms with van der Waals surface area (Å²) >= 11 is 1.73. The Morgan fingerprint density at radius 2 is 2.17 bits per heavy atom. The number of nitrogens with two attached hydrogens (primary N) is 1. The Bertz CT molecular complexity index is 157. The number of carbonyl (C=O) groups is 1. The van der Waals surface area contributed by atoms with Crippen LogP contribution in [-0.2, 0) is 4.79 Å². The number of amides is 1. The van der Waals surface area contributed by atoms with Gasteiger partial charge >= 0.3 is 0 Å². The van der Waals surface area contributed by atoms with Gasteiger partial charge in [-0.2, -0.15) is 11.8 Å². The van der Waals surface area contributed by atoms with Crippen LogP contribution in [0.4, 0.5) is 0 Å². The second-order valence-electron chi connectivity index (χ2n) is 3.47. The van der Waals surface area contributed by atoms with Crippen LogP contribution in [0.25, 0.3) is 0 Å². The zero-order valence-electron chi connectivity index (χ0n) is 8.18. The van der Waals surface area contributed by atoms with Crippen molar-refractivity contribution in [1.29, 1.82) is 0 Å². The zero-order valence-corrected chi connectivity index (χ0v) is 8.99. The van der Waals surface area contributed by atoms with Gasteiger partial charge in [0.2, 0.25) is 5.91 Å². The van der Waals surface area contributed by atoms with Crippen LogP contribution in [0.3, 0.4) is 0 Å². The van der Waals surface area contributed by atoms with Crippen molar-refractivity contribution in [3.05, 3.63) is 0 Å². The van der Waals surface area contributed by atoms with Gasteiger partial charge in [0.05, 0.1) is 6.04 Å². The Kier molecular flexibility index (Phi) is 4.63. The normalized spacial score (nSPS) is 14.1. The van der Waals surface area contributed by atoms with Crippen molar-refractivity contribution in [3.63, 3.8) is 0 Å². The summed E-state index contributed by atoms with van der Waals surface area (Å²) in [5, 5.41) is 2.79. The van der Waals surface area contributed by atoms with Crippen molar-refractivity contribution in [2.24, 2.45) is 5.73 Å².